The fourth-order valence-electron chi connectivity index (χ4n) is 2.67. The SMILES string of the molecule is Cn1c(SCC(=O)N[C@@]2(C)CCS(=O)(=O)C2)nnc1-c1ccco1. The van der Waals surface area contributed by atoms with Gasteiger partial charge in [-0.1, -0.05) is 11.8 Å². The second-order valence-corrected chi connectivity index (χ2v) is 9.21. The molecule has 1 fully saturated rings. The average Bonchev–Trinajstić information content (AvgIpc) is 3.17. The minimum Gasteiger partial charge on any atom is -0.461 e. The van der Waals surface area contributed by atoms with Crippen molar-refractivity contribution in [1.82, 2.24) is 20.1 Å². The number of hydrogen-bond acceptors (Lipinski definition) is 7. The molecule has 10 heteroatoms. The Balaban J connectivity index is 1.59. The molecule has 0 aliphatic carbocycles. The van der Waals surface area contributed by atoms with E-state index in [-0.39, 0.29) is 23.2 Å². The Labute approximate surface area is 143 Å². The van der Waals surface area contributed by atoms with Gasteiger partial charge in [-0.05, 0) is 25.5 Å². The van der Waals surface area contributed by atoms with Crippen LogP contribution in [0.15, 0.2) is 28.0 Å². The quantitative estimate of drug-likeness (QED) is 0.778. The van der Waals surface area contributed by atoms with Crippen LogP contribution in [0.1, 0.15) is 13.3 Å². The topological polar surface area (TPSA) is 107 Å². The molecular formula is C14H18N4O4S2. The highest BCUT2D eigenvalue weighted by atomic mass is 32.2. The molecule has 24 heavy (non-hydrogen) atoms. The smallest absolute Gasteiger partial charge is 0.230 e. The normalized spacial score (nSPS) is 22.6. The number of furan rings is 1. The van der Waals surface area contributed by atoms with Crippen LogP contribution in [0.5, 0.6) is 0 Å². The van der Waals surface area contributed by atoms with Crippen molar-refractivity contribution in [3.05, 3.63) is 18.4 Å². The van der Waals surface area contributed by atoms with E-state index in [1.807, 2.05) is 0 Å². The first-order valence-electron chi connectivity index (χ1n) is 7.36. The zero-order valence-electron chi connectivity index (χ0n) is 13.4. The van der Waals surface area contributed by atoms with Crippen molar-refractivity contribution < 1.29 is 17.6 Å². The van der Waals surface area contributed by atoms with Crippen molar-refractivity contribution in [2.24, 2.45) is 7.05 Å². The van der Waals surface area contributed by atoms with Crippen molar-refractivity contribution in [2.45, 2.75) is 24.0 Å². The molecule has 0 radical (unpaired) electrons. The highest BCUT2D eigenvalue weighted by Crippen LogP contribution is 2.25. The van der Waals surface area contributed by atoms with Gasteiger partial charge in [0.1, 0.15) is 0 Å². The Morgan fingerprint density at radius 2 is 2.29 bits per heavy atom. The summed E-state index contributed by atoms with van der Waals surface area (Å²) in [7, 11) is -1.26. The number of sulfone groups is 1. The van der Waals surface area contributed by atoms with Crippen molar-refractivity contribution in [3.8, 4) is 11.6 Å². The third-order valence-electron chi connectivity index (χ3n) is 3.85. The van der Waals surface area contributed by atoms with Crippen LogP contribution in [0.3, 0.4) is 0 Å². The number of hydrogen-bond donors (Lipinski definition) is 1. The predicted octanol–water partition coefficient (Wildman–Crippen LogP) is 0.861. The molecule has 1 atom stereocenters. The summed E-state index contributed by atoms with van der Waals surface area (Å²) in [5.74, 6) is 1.21. The van der Waals surface area contributed by atoms with Gasteiger partial charge in [0, 0.05) is 7.05 Å². The number of nitrogens with zero attached hydrogens (tertiary/aromatic N) is 3. The first-order chi connectivity index (χ1) is 11.3. The maximum absolute atomic E-state index is 12.1. The van der Waals surface area contributed by atoms with E-state index < -0.39 is 15.4 Å². The van der Waals surface area contributed by atoms with Crippen LogP contribution < -0.4 is 5.32 Å². The number of thioether (sulfide) groups is 1. The number of carbonyl (C=O) groups excluding carboxylic acids is 1. The first-order valence-corrected chi connectivity index (χ1v) is 10.2. The zero-order valence-corrected chi connectivity index (χ0v) is 15.0. The van der Waals surface area contributed by atoms with E-state index >= 15 is 0 Å². The van der Waals surface area contributed by atoms with Gasteiger partial charge in [-0.15, -0.1) is 10.2 Å². The molecule has 0 unspecified atom stereocenters. The second kappa shape index (κ2) is 6.25. The van der Waals surface area contributed by atoms with Crippen LogP contribution in [-0.2, 0) is 21.7 Å². The third-order valence-corrected chi connectivity index (χ3v) is 6.78. The highest BCUT2D eigenvalue weighted by Gasteiger charge is 2.39. The average molecular weight is 370 g/mol. The molecule has 2 aromatic rings. The summed E-state index contributed by atoms with van der Waals surface area (Å²) in [6, 6.07) is 3.55. The van der Waals surface area contributed by atoms with Gasteiger partial charge in [0.15, 0.2) is 26.6 Å². The molecule has 3 heterocycles. The minimum atomic E-state index is -3.05. The zero-order chi connectivity index (χ0) is 17.4. The lowest BCUT2D eigenvalue weighted by molar-refractivity contribution is -0.120. The Hall–Kier alpha value is -1.81. The van der Waals surface area contributed by atoms with Crippen molar-refractivity contribution in [3.63, 3.8) is 0 Å². The van der Waals surface area contributed by atoms with Gasteiger partial charge in [-0.25, -0.2) is 8.42 Å². The Kier molecular flexibility index (Phi) is 4.43. The number of amides is 1. The van der Waals surface area contributed by atoms with E-state index in [0.29, 0.717) is 23.2 Å². The third kappa shape index (κ3) is 3.64. The fourth-order valence-corrected chi connectivity index (χ4v) is 5.48. The predicted molar refractivity (Wildman–Crippen MR) is 89.2 cm³/mol. The monoisotopic (exact) mass is 370 g/mol. The summed E-state index contributed by atoms with van der Waals surface area (Å²) in [4.78, 5) is 12.1. The van der Waals surface area contributed by atoms with Crippen LogP contribution in [0, 0.1) is 0 Å². The van der Waals surface area contributed by atoms with E-state index in [9.17, 15) is 13.2 Å². The van der Waals surface area contributed by atoms with Crippen LogP contribution in [0.2, 0.25) is 0 Å². The van der Waals surface area contributed by atoms with Crippen molar-refractivity contribution in [1.29, 1.82) is 0 Å². The van der Waals surface area contributed by atoms with Crippen molar-refractivity contribution in [2.75, 3.05) is 17.3 Å². The molecule has 8 nitrogen and oxygen atoms in total. The number of rotatable bonds is 5. The lowest BCUT2D eigenvalue weighted by atomic mass is 10.0. The first kappa shape index (κ1) is 17.0. The van der Waals surface area contributed by atoms with Gasteiger partial charge >= 0.3 is 0 Å². The fraction of sp³-hybridized carbons (Fsp3) is 0.500. The summed E-state index contributed by atoms with van der Waals surface area (Å²) in [6.45, 7) is 1.76. The van der Waals surface area contributed by atoms with Gasteiger partial charge in [0.05, 0.1) is 29.1 Å². The molecule has 0 aromatic carbocycles. The van der Waals surface area contributed by atoms with Crippen LogP contribution >= 0.6 is 11.8 Å². The summed E-state index contributed by atoms with van der Waals surface area (Å²) in [5, 5.41) is 11.5. The molecule has 0 saturated carbocycles. The second-order valence-electron chi connectivity index (χ2n) is 6.08. The Morgan fingerprint density at radius 1 is 1.50 bits per heavy atom. The summed E-state index contributed by atoms with van der Waals surface area (Å²) >= 11 is 1.24. The van der Waals surface area contributed by atoms with Crippen LogP contribution in [-0.4, -0.2) is 51.9 Å². The van der Waals surface area contributed by atoms with Gasteiger partial charge in [-0.3, -0.25) is 4.79 Å². The van der Waals surface area contributed by atoms with Gasteiger partial charge in [-0.2, -0.15) is 0 Å². The van der Waals surface area contributed by atoms with Gasteiger partial charge < -0.3 is 14.3 Å². The standard InChI is InChI=1S/C14H18N4O4S2/c1-14(5-7-24(20,21)9-14)15-11(19)8-23-13-17-16-12(18(13)2)10-4-3-6-22-10/h3-4,6H,5,7-9H2,1-2H3,(H,15,19)/t14-/m0/s1. The number of aromatic nitrogens is 3. The molecule has 1 N–H and O–H groups in total. The molecular weight excluding hydrogens is 352 g/mol. The molecule has 2 aromatic heterocycles. The van der Waals surface area contributed by atoms with E-state index in [4.69, 9.17) is 4.42 Å². The summed E-state index contributed by atoms with van der Waals surface area (Å²) in [5.41, 5.74) is -0.685. The molecule has 0 spiro atoms. The molecule has 130 valence electrons. The molecule has 1 aliphatic heterocycles. The lowest BCUT2D eigenvalue weighted by Gasteiger charge is -2.23. The minimum absolute atomic E-state index is 0.0109. The van der Waals surface area contributed by atoms with E-state index in [1.165, 1.54) is 11.8 Å². The van der Waals surface area contributed by atoms with Crippen LogP contribution in [0.4, 0.5) is 0 Å². The Bertz CT molecular complexity index is 844. The maximum atomic E-state index is 12.1. The maximum Gasteiger partial charge on any atom is 0.230 e. The Morgan fingerprint density at radius 3 is 2.92 bits per heavy atom. The van der Waals surface area contributed by atoms with E-state index in [2.05, 4.69) is 15.5 Å². The highest BCUT2D eigenvalue weighted by molar-refractivity contribution is 7.99. The molecule has 3 rings (SSSR count). The van der Waals surface area contributed by atoms with Crippen molar-refractivity contribution >= 4 is 27.5 Å². The van der Waals surface area contributed by atoms with E-state index in [1.54, 1.807) is 36.9 Å². The largest absolute Gasteiger partial charge is 0.461 e. The number of carbonyl (C=O) groups is 1. The molecule has 1 saturated heterocycles. The van der Waals surface area contributed by atoms with Crippen LogP contribution in [0.25, 0.3) is 11.6 Å². The molecule has 1 amide bonds. The summed E-state index contributed by atoms with van der Waals surface area (Å²) < 4.78 is 30.2. The van der Waals surface area contributed by atoms with E-state index in [0.717, 1.165) is 0 Å². The van der Waals surface area contributed by atoms with Gasteiger partial charge in [0.2, 0.25) is 5.91 Å². The molecule has 0 bridgehead atoms. The lowest BCUT2D eigenvalue weighted by Crippen LogP contribution is -2.47. The summed E-state index contributed by atoms with van der Waals surface area (Å²) in [6.07, 6.45) is 2.00. The molecule has 1 aliphatic rings. The van der Waals surface area contributed by atoms with Gasteiger partial charge in [0.25, 0.3) is 0 Å². The number of nitrogens with one attached hydrogen (secondary N) is 1.